The van der Waals surface area contributed by atoms with Crippen LogP contribution in [0.1, 0.15) is 18.4 Å². The van der Waals surface area contributed by atoms with Gasteiger partial charge in [0.25, 0.3) is 0 Å². The molecule has 2 rings (SSSR count). The maximum Gasteiger partial charge on any atom is 0.224 e. The Balaban J connectivity index is 1.79. The second-order valence-corrected chi connectivity index (χ2v) is 4.12. The Morgan fingerprint density at radius 2 is 2.56 bits per heavy atom. The highest BCUT2D eigenvalue weighted by Gasteiger charge is 2.20. The number of hydrogen-bond acceptors (Lipinski definition) is 3. The van der Waals surface area contributed by atoms with Gasteiger partial charge in [0, 0.05) is 25.5 Å². The van der Waals surface area contributed by atoms with E-state index >= 15 is 0 Å². The van der Waals surface area contributed by atoms with Gasteiger partial charge in [-0.1, -0.05) is 6.07 Å². The smallest absolute Gasteiger partial charge is 0.224 e. The number of piperidine rings is 1. The normalized spacial score (nSPS) is 20.4. The minimum absolute atomic E-state index is 0.130. The molecule has 1 aromatic heterocycles. The van der Waals surface area contributed by atoms with E-state index in [9.17, 15) is 4.79 Å². The predicted octanol–water partition coefficient (Wildman–Crippen LogP) is 0.697. The minimum atomic E-state index is 0.130. The van der Waals surface area contributed by atoms with E-state index in [4.69, 9.17) is 0 Å². The van der Waals surface area contributed by atoms with Crippen LogP contribution in [0.5, 0.6) is 0 Å². The SMILES string of the molecule is O=C(NCc1cccnc1)[C@@H]1CCCNC1. The van der Waals surface area contributed by atoms with Crippen LogP contribution in [0.2, 0.25) is 0 Å². The summed E-state index contributed by atoms with van der Waals surface area (Å²) in [5.74, 6) is 0.279. The van der Waals surface area contributed by atoms with Gasteiger partial charge in [-0.2, -0.15) is 0 Å². The van der Waals surface area contributed by atoms with Gasteiger partial charge in [-0.3, -0.25) is 9.78 Å². The molecule has 1 saturated heterocycles. The van der Waals surface area contributed by atoms with Gasteiger partial charge in [-0.15, -0.1) is 0 Å². The average molecular weight is 219 g/mol. The Kier molecular flexibility index (Phi) is 3.88. The van der Waals surface area contributed by atoms with E-state index < -0.39 is 0 Å². The highest BCUT2D eigenvalue weighted by atomic mass is 16.1. The second-order valence-electron chi connectivity index (χ2n) is 4.12. The Labute approximate surface area is 95.5 Å². The molecule has 16 heavy (non-hydrogen) atoms. The number of carbonyl (C=O) groups is 1. The maximum absolute atomic E-state index is 11.8. The molecule has 4 nitrogen and oxygen atoms in total. The average Bonchev–Trinajstić information content (AvgIpc) is 2.38. The first kappa shape index (κ1) is 11.1. The van der Waals surface area contributed by atoms with Crippen LogP contribution in [0.4, 0.5) is 0 Å². The Morgan fingerprint density at radius 1 is 1.62 bits per heavy atom. The third-order valence-corrected chi connectivity index (χ3v) is 2.86. The molecule has 0 saturated carbocycles. The zero-order valence-corrected chi connectivity index (χ0v) is 9.28. The number of nitrogens with one attached hydrogen (secondary N) is 2. The molecule has 0 radical (unpaired) electrons. The molecule has 1 atom stereocenters. The van der Waals surface area contributed by atoms with Crippen LogP contribution in [0, 0.1) is 5.92 Å². The second kappa shape index (κ2) is 5.61. The summed E-state index contributed by atoms with van der Waals surface area (Å²) in [6, 6.07) is 3.84. The van der Waals surface area contributed by atoms with Crippen molar-refractivity contribution >= 4 is 5.91 Å². The number of amides is 1. The molecule has 1 aromatic rings. The fraction of sp³-hybridized carbons (Fsp3) is 0.500. The molecule has 0 spiro atoms. The molecule has 2 N–H and O–H groups in total. The van der Waals surface area contributed by atoms with Gasteiger partial charge >= 0.3 is 0 Å². The summed E-state index contributed by atoms with van der Waals surface area (Å²) in [6.07, 6.45) is 5.59. The number of rotatable bonds is 3. The number of hydrogen-bond donors (Lipinski definition) is 2. The molecule has 1 amide bonds. The van der Waals surface area contributed by atoms with Crippen molar-refractivity contribution in [2.75, 3.05) is 13.1 Å². The van der Waals surface area contributed by atoms with E-state index in [-0.39, 0.29) is 11.8 Å². The van der Waals surface area contributed by atoms with Crippen LogP contribution >= 0.6 is 0 Å². The molecular formula is C12H17N3O. The highest BCUT2D eigenvalue weighted by molar-refractivity contribution is 5.78. The fourth-order valence-corrected chi connectivity index (χ4v) is 1.91. The lowest BCUT2D eigenvalue weighted by molar-refractivity contribution is -0.125. The standard InChI is InChI=1S/C12H17N3O/c16-12(11-4-2-6-14-9-11)15-8-10-3-1-5-13-7-10/h1,3,5,7,11,14H,2,4,6,8-9H2,(H,15,16)/t11-/m1/s1. The van der Waals surface area contributed by atoms with Crippen LogP contribution in [0.3, 0.4) is 0 Å². The van der Waals surface area contributed by atoms with Crippen molar-refractivity contribution in [2.24, 2.45) is 5.92 Å². The van der Waals surface area contributed by atoms with E-state index in [2.05, 4.69) is 15.6 Å². The molecule has 2 heterocycles. The topological polar surface area (TPSA) is 54.0 Å². The Morgan fingerprint density at radius 3 is 3.25 bits per heavy atom. The van der Waals surface area contributed by atoms with Crippen molar-refractivity contribution in [3.63, 3.8) is 0 Å². The summed E-state index contributed by atoms with van der Waals surface area (Å²) in [7, 11) is 0. The van der Waals surface area contributed by atoms with Crippen molar-refractivity contribution in [1.82, 2.24) is 15.6 Å². The van der Waals surface area contributed by atoms with Gasteiger partial charge in [0.15, 0.2) is 0 Å². The van der Waals surface area contributed by atoms with Gasteiger partial charge in [0.05, 0.1) is 5.92 Å². The molecule has 0 aromatic carbocycles. The molecule has 1 fully saturated rings. The molecule has 0 aliphatic carbocycles. The molecule has 1 aliphatic heterocycles. The molecule has 86 valence electrons. The van der Waals surface area contributed by atoms with Crippen LogP contribution in [0.25, 0.3) is 0 Å². The van der Waals surface area contributed by atoms with Crippen LogP contribution in [-0.2, 0) is 11.3 Å². The first-order valence-electron chi connectivity index (χ1n) is 5.73. The van der Waals surface area contributed by atoms with Crippen molar-refractivity contribution in [2.45, 2.75) is 19.4 Å². The van der Waals surface area contributed by atoms with Crippen molar-refractivity contribution in [3.05, 3.63) is 30.1 Å². The number of aromatic nitrogens is 1. The molecule has 1 aliphatic rings. The van der Waals surface area contributed by atoms with E-state index in [0.29, 0.717) is 6.54 Å². The quantitative estimate of drug-likeness (QED) is 0.786. The maximum atomic E-state index is 11.8. The molecule has 4 heteroatoms. The molecule has 0 unspecified atom stereocenters. The van der Waals surface area contributed by atoms with E-state index in [1.54, 1.807) is 12.4 Å². The number of nitrogens with zero attached hydrogens (tertiary/aromatic N) is 1. The van der Waals surface area contributed by atoms with Crippen molar-refractivity contribution < 1.29 is 4.79 Å². The summed E-state index contributed by atoms with van der Waals surface area (Å²) in [5, 5.41) is 6.19. The van der Waals surface area contributed by atoms with Crippen LogP contribution in [0.15, 0.2) is 24.5 Å². The van der Waals surface area contributed by atoms with Crippen LogP contribution < -0.4 is 10.6 Å². The van der Waals surface area contributed by atoms with E-state index in [1.807, 2.05) is 12.1 Å². The van der Waals surface area contributed by atoms with E-state index in [1.165, 1.54) is 0 Å². The lowest BCUT2D eigenvalue weighted by atomic mass is 9.99. The lowest BCUT2D eigenvalue weighted by Crippen LogP contribution is -2.40. The Hall–Kier alpha value is -1.42. The summed E-state index contributed by atoms with van der Waals surface area (Å²) < 4.78 is 0. The first-order valence-corrected chi connectivity index (χ1v) is 5.73. The van der Waals surface area contributed by atoms with Gasteiger partial charge in [0.2, 0.25) is 5.91 Å². The number of pyridine rings is 1. The van der Waals surface area contributed by atoms with Crippen molar-refractivity contribution in [1.29, 1.82) is 0 Å². The third-order valence-electron chi connectivity index (χ3n) is 2.86. The highest BCUT2D eigenvalue weighted by Crippen LogP contribution is 2.09. The summed E-state index contributed by atoms with van der Waals surface area (Å²) in [6.45, 7) is 2.41. The fourth-order valence-electron chi connectivity index (χ4n) is 1.91. The van der Waals surface area contributed by atoms with Gasteiger partial charge in [-0.05, 0) is 31.0 Å². The zero-order valence-electron chi connectivity index (χ0n) is 9.28. The zero-order chi connectivity index (χ0) is 11.2. The van der Waals surface area contributed by atoms with E-state index in [0.717, 1.165) is 31.5 Å². The lowest BCUT2D eigenvalue weighted by Gasteiger charge is -2.21. The first-order chi connectivity index (χ1) is 7.86. The van der Waals surface area contributed by atoms with Gasteiger partial charge in [0.1, 0.15) is 0 Å². The summed E-state index contributed by atoms with van der Waals surface area (Å²) in [4.78, 5) is 15.8. The molecular weight excluding hydrogens is 202 g/mol. The third kappa shape index (κ3) is 3.03. The predicted molar refractivity (Wildman–Crippen MR) is 61.7 cm³/mol. The Bertz CT molecular complexity index is 333. The monoisotopic (exact) mass is 219 g/mol. The van der Waals surface area contributed by atoms with Gasteiger partial charge in [-0.25, -0.2) is 0 Å². The summed E-state index contributed by atoms with van der Waals surface area (Å²) >= 11 is 0. The molecule has 0 bridgehead atoms. The largest absolute Gasteiger partial charge is 0.352 e. The minimum Gasteiger partial charge on any atom is -0.352 e. The van der Waals surface area contributed by atoms with Crippen LogP contribution in [-0.4, -0.2) is 24.0 Å². The summed E-state index contributed by atoms with van der Waals surface area (Å²) in [5.41, 5.74) is 1.04. The van der Waals surface area contributed by atoms with Crippen molar-refractivity contribution in [3.8, 4) is 0 Å². The van der Waals surface area contributed by atoms with Gasteiger partial charge < -0.3 is 10.6 Å². The number of carbonyl (C=O) groups excluding carboxylic acids is 1.